The fourth-order valence-corrected chi connectivity index (χ4v) is 3.61. The highest BCUT2D eigenvalue weighted by Gasteiger charge is 2.65. The summed E-state index contributed by atoms with van der Waals surface area (Å²) in [7, 11) is 0. The van der Waals surface area contributed by atoms with Gasteiger partial charge in [-0.25, -0.2) is 9.18 Å². The molecule has 0 radical (unpaired) electrons. The highest BCUT2D eigenvalue weighted by molar-refractivity contribution is 6.12. The first-order valence-corrected chi connectivity index (χ1v) is 8.14. The number of rotatable bonds is 5. The lowest BCUT2D eigenvalue weighted by atomic mass is 9.80. The van der Waals surface area contributed by atoms with E-state index in [2.05, 4.69) is 0 Å². The van der Waals surface area contributed by atoms with E-state index in [4.69, 9.17) is 4.74 Å². The van der Waals surface area contributed by atoms with Crippen LogP contribution in [0.1, 0.15) is 19.4 Å². The van der Waals surface area contributed by atoms with Crippen LogP contribution in [0.5, 0.6) is 0 Å². The fourth-order valence-electron chi connectivity index (χ4n) is 3.61. The molecule has 138 valence electrons. The van der Waals surface area contributed by atoms with E-state index in [1.807, 2.05) is 0 Å². The first kappa shape index (κ1) is 18.0. The topological polar surface area (TPSA) is 107 Å². The van der Waals surface area contributed by atoms with Crippen molar-refractivity contribution in [2.45, 2.75) is 38.7 Å². The minimum absolute atomic E-state index is 0.0970. The molecule has 1 aromatic rings. The summed E-state index contributed by atoms with van der Waals surface area (Å²) in [5.74, 6) is -3.42. The molecule has 0 aliphatic carbocycles. The van der Waals surface area contributed by atoms with Crippen LogP contribution in [0.2, 0.25) is 0 Å². The second-order valence-electron chi connectivity index (χ2n) is 6.56. The Bertz CT molecular complexity index is 778. The predicted octanol–water partition coefficient (Wildman–Crippen LogP) is 1.41. The Morgan fingerprint density at radius 1 is 1.35 bits per heavy atom. The monoisotopic (exact) mass is 364 g/mol. The van der Waals surface area contributed by atoms with Crippen LogP contribution >= 0.6 is 0 Å². The first-order valence-electron chi connectivity index (χ1n) is 8.14. The number of ether oxygens (including phenoxy) is 1. The molecule has 2 saturated heterocycles. The van der Waals surface area contributed by atoms with Crippen LogP contribution in [0.15, 0.2) is 24.3 Å². The van der Waals surface area contributed by atoms with E-state index in [9.17, 15) is 28.9 Å². The number of ketones is 1. The number of Topliss-reactive ketones (excluding diaryl/α,β-unsaturated/α-hetero) is 1. The standard InChI is InChI=1S/C17H17FN2O6/c1-8-13-12(9(2)18)16(22)19(13)14(15(8)21)17(23)26-7-10-3-5-11(6-4-10)20(24)25/h3-6,8-9,12-14H,7H2,1-2H3/t8-,9+,12+,13+,14?/m0/s1. The molecule has 2 fully saturated rings. The van der Waals surface area contributed by atoms with Crippen molar-refractivity contribution < 1.29 is 28.4 Å². The Hall–Kier alpha value is -2.84. The molecule has 0 aromatic heterocycles. The Labute approximate surface area is 148 Å². The van der Waals surface area contributed by atoms with Gasteiger partial charge in [-0.2, -0.15) is 0 Å². The van der Waals surface area contributed by atoms with Crippen molar-refractivity contribution in [2.75, 3.05) is 0 Å². The SMILES string of the molecule is C[C@@H]1C(=O)C(C(=O)OCc2ccc([N+](=O)[O-])cc2)N2C(=O)[C@H]([C@@H](C)F)[C@@H]12. The van der Waals surface area contributed by atoms with E-state index in [1.54, 1.807) is 6.92 Å². The maximum Gasteiger partial charge on any atom is 0.337 e. The molecular formula is C17H17FN2O6. The lowest BCUT2D eigenvalue weighted by Crippen LogP contribution is -2.65. The number of hydrogen-bond donors (Lipinski definition) is 0. The molecule has 2 aliphatic heterocycles. The van der Waals surface area contributed by atoms with Crippen LogP contribution in [0.4, 0.5) is 10.1 Å². The van der Waals surface area contributed by atoms with E-state index >= 15 is 0 Å². The molecular weight excluding hydrogens is 347 g/mol. The summed E-state index contributed by atoms with van der Waals surface area (Å²) in [5, 5.41) is 10.6. The third-order valence-electron chi connectivity index (χ3n) is 4.98. The van der Waals surface area contributed by atoms with Gasteiger partial charge in [0.15, 0.2) is 11.8 Å². The normalized spacial score (nSPS) is 28.3. The molecule has 2 heterocycles. The number of carbonyl (C=O) groups excluding carboxylic acids is 3. The number of halogens is 1. The fraction of sp³-hybridized carbons (Fsp3) is 0.471. The van der Waals surface area contributed by atoms with Gasteiger partial charge in [0.1, 0.15) is 12.8 Å². The number of esters is 1. The van der Waals surface area contributed by atoms with E-state index < -0.39 is 52.7 Å². The van der Waals surface area contributed by atoms with Gasteiger partial charge in [0.2, 0.25) is 5.91 Å². The third kappa shape index (κ3) is 2.73. The van der Waals surface area contributed by atoms with Gasteiger partial charge in [-0.05, 0) is 24.6 Å². The number of amides is 1. The Balaban J connectivity index is 1.67. The largest absolute Gasteiger partial charge is 0.459 e. The molecule has 2 aliphatic rings. The molecule has 9 heteroatoms. The molecule has 0 spiro atoms. The van der Waals surface area contributed by atoms with Gasteiger partial charge in [-0.15, -0.1) is 0 Å². The van der Waals surface area contributed by atoms with Crippen LogP contribution in [0, 0.1) is 22.0 Å². The second-order valence-corrected chi connectivity index (χ2v) is 6.56. The summed E-state index contributed by atoms with van der Waals surface area (Å²) in [6, 6.07) is 3.44. The van der Waals surface area contributed by atoms with E-state index in [0.29, 0.717) is 5.56 Å². The van der Waals surface area contributed by atoms with Gasteiger partial charge in [0, 0.05) is 18.1 Å². The van der Waals surface area contributed by atoms with Gasteiger partial charge in [-0.3, -0.25) is 19.7 Å². The number of hydrogen-bond acceptors (Lipinski definition) is 6. The first-order chi connectivity index (χ1) is 12.2. The maximum atomic E-state index is 13.6. The van der Waals surface area contributed by atoms with E-state index in [-0.39, 0.29) is 12.3 Å². The van der Waals surface area contributed by atoms with Crippen LogP contribution in [-0.2, 0) is 25.7 Å². The average Bonchev–Trinajstić information content (AvgIpc) is 2.81. The Morgan fingerprint density at radius 2 is 1.96 bits per heavy atom. The molecule has 1 amide bonds. The quantitative estimate of drug-likeness (QED) is 0.257. The number of nitro groups is 1. The molecule has 1 aromatic carbocycles. The second kappa shape index (κ2) is 6.47. The van der Waals surface area contributed by atoms with Crippen LogP contribution in [0.25, 0.3) is 0 Å². The number of β-lactam (4-membered cyclic amide) rings is 1. The van der Waals surface area contributed by atoms with Gasteiger partial charge < -0.3 is 9.64 Å². The summed E-state index contributed by atoms with van der Waals surface area (Å²) in [6.07, 6.45) is -1.39. The number of fused-ring (bicyclic) bond motifs is 1. The number of non-ortho nitro benzene ring substituents is 1. The lowest BCUT2D eigenvalue weighted by molar-refractivity contribution is -0.384. The third-order valence-corrected chi connectivity index (χ3v) is 4.98. The molecule has 1 unspecified atom stereocenters. The van der Waals surface area contributed by atoms with E-state index in [1.165, 1.54) is 31.2 Å². The average molecular weight is 364 g/mol. The number of carbonyl (C=O) groups is 3. The number of benzene rings is 1. The molecule has 0 saturated carbocycles. The molecule has 26 heavy (non-hydrogen) atoms. The minimum Gasteiger partial charge on any atom is -0.459 e. The zero-order chi connectivity index (χ0) is 19.2. The van der Waals surface area contributed by atoms with Gasteiger partial charge in [0.25, 0.3) is 5.69 Å². The van der Waals surface area contributed by atoms with Crippen molar-refractivity contribution in [2.24, 2.45) is 11.8 Å². The summed E-state index contributed by atoms with van der Waals surface area (Å²) >= 11 is 0. The smallest absolute Gasteiger partial charge is 0.337 e. The molecule has 0 N–H and O–H groups in total. The summed E-state index contributed by atoms with van der Waals surface area (Å²) in [6.45, 7) is 2.65. The predicted molar refractivity (Wildman–Crippen MR) is 85.5 cm³/mol. The Kier molecular flexibility index (Phi) is 4.47. The highest BCUT2D eigenvalue weighted by atomic mass is 19.1. The Morgan fingerprint density at radius 3 is 2.50 bits per heavy atom. The molecule has 8 nitrogen and oxygen atoms in total. The molecule has 0 bridgehead atoms. The van der Waals surface area contributed by atoms with Gasteiger partial charge in [-0.1, -0.05) is 6.92 Å². The van der Waals surface area contributed by atoms with Crippen LogP contribution < -0.4 is 0 Å². The number of alkyl halides is 1. The maximum absolute atomic E-state index is 13.6. The number of nitrogens with zero attached hydrogens (tertiary/aromatic N) is 2. The summed E-state index contributed by atoms with van der Waals surface area (Å²) in [4.78, 5) is 48.0. The van der Waals surface area contributed by atoms with Crippen molar-refractivity contribution >= 4 is 23.3 Å². The summed E-state index contributed by atoms with van der Waals surface area (Å²) < 4.78 is 18.7. The van der Waals surface area contributed by atoms with Gasteiger partial charge in [0.05, 0.1) is 16.9 Å². The van der Waals surface area contributed by atoms with Gasteiger partial charge >= 0.3 is 5.97 Å². The zero-order valence-corrected chi connectivity index (χ0v) is 14.1. The van der Waals surface area contributed by atoms with Crippen molar-refractivity contribution in [1.29, 1.82) is 0 Å². The van der Waals surface area contributed by atoms with Crippen molar-refractivity contribution in [3.8, 4) is 0 Å². The highest BCUT2D eigenvalue weighted by Crippen LogP contribution is 2.43. The zero-order valence-electron chi connectivity index (χ0n) is 14.1. The van der Waals surface area contributed by atoms with Crippen molar-refractivity contribution in [1.82, 2.24) is 4.90 Å². The van der Waals surface area contributed by atoms with Crippen LogP contribution in [-0.4, -0.2) is 45.7 Å². The summed E-state index contributed by atoms with van der Waals surface area (Å²) in [5.41, 5.74) is 0.407. The number of nitro benzene ring substituents is 1. The van der Waals surface area contributed by atoms with E-state index in [0.717, 1.165) is 4.90 Å². The lowest BCUT2D eigenvalue weighted by Gasteiger charge is -2.45. The van der Waals surface area contributed by atoms with Crippen LogP contribution in [0.3, 0.4) is 0 Å². The molecule has 3 rings (SSSR count). The molecule has 5 atom stereocenters. The van der Waals surface area contributed by atoms with Crippen molar-refractivity contribution in [3.63, 3.8) is 0 Å². The van der Waals surface area contributed by atoms with Crippen molar-refractivity contribution in [3.05, 3.63) is 39.9 Å². The minimum atomic E-state index is -1.39.